The number of piperazine rings is 1. The lowest BCUT2D eigenvalue weighted by atomic mass is 9.84. The Kier molecular flexibility index (Phi) is 13.6. The molecule has 14 nitrogen and oxygen atoms in total. The molecule has 8 rings (SSSR count). The van der Waals surface area contributed by atoms with E-state index in [4.69, 9.17) is 24.2 Å². The minimum Gasteiger partial charge on any atom is -0.464 e. The number of nitrogens with one attached hydrogen (secondary N) is 2. The van der Waals surface area contributed by atoms with E-state index >= 15 is 0 Å². The number of nitrogens with zero attached hydrogens (tertiary/aromatic N) is 6. The third-order valence-electron chi connectivity index (χ3n) is 14.0. The van der Waals surface area contributed by atoms with Crippen LogP contribution in [0.15, 0.2) is 35.8 Å². The second kappa shape index (κ2) is 18.8. The van der Waals surface area contributed by atoms with E-state index in [0.29, 0.717) is 49.9 Å². The molecule has 3 aromatic heterocycles. The molecule has 346 valence electrons. The maximum Gasteiger partial charge on any atom is 0.324 e. The fraction of sp³-hybridized carbons (Fsp3) is 0.612. The topological polar surface area (TPSA) is 143 Å². The number of anilines is 1. The number of thiazole rings is 1. The number of methoxy groups -OCH3 is 1. The predicted molar refractivity (Wildman–Crippen MR) is 251 cm³/mol. The van der Waals surface area contributed by atoms with Crippen LogP contribution in [0.4, 0.5) is 5.69 Å². The Morgan fingerprint density at radius 3 is 2.55 bits per heavy atom. The molecular formula is C49H68N8O6S. The van der Waals surface area contributed by atoms with Crippen LogP contribution in [0.5, 0.6) is 0 Å². The smallest absolute Gasteiger partial charge is 0.324 e. The Morgan fingerprint density at radius 1 is 1.09 bits per heavy atom. The summed E-state index contributed by atoms with van der Waals surface area (Å²) in [6, 6.07) is 6.99. The number of hydrogen-bond donors (Lipinski definition) is 2. The SMILES string of the molecule is CCO[C@@H]1c2nc(cs2)-c2ccc3c(c2)c(c(-c2cc(N4CCN(C)CC4)cnc2[C@H](C)OC)n3CC)CC(C)(C)COC(=O)[C@@H]2CCCN(N2)C(=O)[C@H]1NC(=O)[C@@H]1[C@@H](C)[C@H]1C(C)C. The lowest BCUT2D eigenvalue weighted by molar-refractivity contribution is -0.156. The van der Waals surface area contributed by atoms with E-state index in [1.807, 2.05) is 25.4 Å². The van der Waals surface area contributed by atoms with Gasteiger partial charge >= 0.3 is 5.97 Å². The van der Waals surface area contributed by atoms with Crippen LogP contribution in [0.3, 0.4) is 0 Å². The molecule has 64 heavy (non-hydrogen) atoms. The van der Waals surface area contributed by atoms with Gasteiger partial charge in [0.1, 0.15) is 23.2 Å². The van der Waals surface area contributed by atoms with Gasteiger partial charge in [0, 0.05) is 91.7 Å². The number of carbonyl (C=O) groups is 3. The molecule has 0 spiro atoms. The van der Waals surface area contributed by atoms with E-state index < -0.39 is 29.6 Å². The first-order valence-corrected chi connectivity index (χ1v) is 24.3. The zero-order valence-electron chi connectivity index (χ0n) is 39.4. The summed E-state index contributed by atoms with van der Waals surface area (Å²) in [6.07, 6.45) is 2.54. The van der Waals surface area contributed by atoms with Crippen molar-refractivity contribution in [1.82, 2.24) is 35.2 Å². The number of pyridine rings is 1. The number of benzene rings is 1. The fourth-order valence-corrected chi connectivity index (χ4v) is 11.3. The van der Waals surface area contributed by atoms with Crippen molar-refractivity contribution in [3.8, 4) is 22.5 Å². The number of fused-ring (bicyclic) bond motifs is 6. The van der Waals surface area contributed by atoms with Crippen LogP contribution in [0, 0.1) is 29.1 Å². The van der Waals surface area contributed by atoms with E-state index in [9.17, 15) is 14.4 Å². The largest absolute Gasteiger partial charge is 0.464 e. The first-order chi connectivity index (χ1) is 30.6. The van der Waals surface area contributed by atoms with Crippen LogP contribution in [0.25, 0.3) is 33.4 Å². The quantitative estimate of drug-likeness (QED) is 0.159. The highest BCUT2D eigenvalue weighted by molar-refractivity contribution is 7.10. The first-order valence-electron chi connectivity index (χ1n) is 23.4. The minimum atomic E-state index is -1.08. The van der Waals surface area contributed by atoms with Crippen LogP contribution in [-0.2, 0) is 41.6 Å². The minimum absolute atomic E-state index is 0.161. The molecule has 3 fully saturated rings. The van der Waals surface area contributed by atoms with E-state index in [1.165, 1.54) is 16.3 Å². The van der Waals surface area contributed by atoms with Gasteiger partial charge in [-0.25, -0.2) is 10.4 Å². The molecule has 1 aliphatic carbocycles. The van der Waals surface area contributed by atoms with E-state index in [1.54, 1.807) is 7.11 Å². The lowest BCUT2D eigenvalue weighted by Gasteiger charge is -2.37. The van der Waals surface area contributed by atoms with Gasteiger partial charge < -0.3 is 33.9 Å². The number of likely N-dealkylation sites (N-methyl/N-ethyl adjacent to an activating group) is 1. The van der Waals surface area contributed by atoms with Gasteiger partial charge in [-0.1, -0.05) is 40.7 Å². The van der Waals surface area contributed by atoms with Gasteiger partial charge in [0.25, 0.3) is 5.91 Å². The molecule has 7 atom stereocenters. The zero-order valence-corrected chi connectivity index (χ0v) is 40.2. The van der Waals surface area contributed by atoms with Crippen molar-refractivity contribution in [3.05, 3.63) is 52.1 Å². The summed E-state index contributed by atoms with van der Waals surface area (Å²) in [4.78, 5) is 57.9. The average molecular weight is 897 g/mol. The summed E-state index contributed by atoms with van der Waals surface area (Å²) in [5.41, 5.74) is 10.6. The standard InChI is InChI=1S/C49H68N8O6S/c1-11-56-38-16-15-31-22-33(38)35(43(56)34-23-32(25-50-41(34)30(6)61-10)55-20-18-54(9)19-21-55)24-49(7,8)27-63-48(60)36-14-13-17-57(53-36)47(59)42(44(62-12-2)46-51-37(31)26-64-46)52-45(58)40-29(5)39(40)28(3)4/h15-16,22-23,25-26,28-30,36,39-40,42,44,53H,11-14,17-21,24,27H2,1-10H3,(H,52,58)/t29-,30-,36-,39+,40+,42-,44-/m0/s1. The third kappa shape index (κ3) is 9.07. The van der Waals surface area contributed by atoms with Crippen molar-refractivity contribution in [1.29, 1.82) is 0 Å². The fourth-order valence-electron chi connectivity index (χ4n) is 10.4. The number of aryl methyl sites for hydroxylation is 1. The zero-order chi connectivity index (χ0) is 45.6. The van der Waals surface area contributed by atoms with Gasteiger partial charge in [-0.05, 0) is 88.6 Å². The van der Waals surface area contributed by atoms with Crippen LogP contribution in [-0.4, -0.2) is 114 Å². The molecule has 1 aromatic carbocycles. The van der Waals surface area contributed by atoms with Gasteiger partial charge in [0.15, 0.2) is 0 Å². The number of amides is 2. The Balaban J connectivity index is 1.28. The van der Waals surface area contributed by atoms with Crippen molar-refractivity contribution in [2.75, 3.05) is 65.0 Å². The van der Waals surface area contributed by atoms with E-state index in [2.05, 4.69) is 98.0 Å². The summed E-state index contributed by atoms with van der Waals surface area (Å²) in [7, 11) is 3.89. The van der Waals surface area contributed by atoms with E-state index in [0.717, 1.165) is 76.5 Å². The van der Waals surface area contributed by atoms with Crippen LogP contribution < -0.4 is 15.6 Å². The second-order valence-electron chi connectivity index (χ2n) is 19.5. The van der Waals surface area contributed by atoms with Crippen molar-refractivity contribution in [3.63, 3.8) is 0 Å². The Hall–Kier alpha value is -4.41. The monoisotopic (exact) mass is 896 g/mol. The maximum absolute atomic E-state index is 14.7. The average Bonchev–Trinajstić information content (AvgIpc) is 3.58. The molecule has 2 amide bonds. The molecule has 6 bridgehead atoms. The molecule has 0 radical (unpaired) electrons. The number of hydrogen-bond acceptors (Lipinski definition) is 12. The van der Waals surface area contributed by atoms with E-state index in [-0.39, 0.29) is 42.3 Å². The van der Waals surface area contributed by atoms with Crippen molar-refractivity contribution in [2.24, 2.45) is 29.1 Å². The van der Waals surface area contributed by atoms with Crippen LogP contribution in [0.1, 0.15) is 96.7 Å². The molecule has 2 saturated heterocycles. The molecule has 15 heteroatoms. The molecule has 3 aliphatic heterocycles. The highest BCUT2D eigenvalue weighted by atomic mass is 32.1. The highest BCUT2D eigenvalue weighted by Crippen LogP contribution is 2.51. The Morgan fingerprint density at radius 2 is 1.86 bits per heavy atom. The third-order valence-corrected chi connectivity index (χ3v) is 14.9. The predicted octanol–water partition coefficient (Wildman–Crippen LogP) is 7.03. The maximum atomic E-state index is 14.7. The van der Waals surface area contributed by atoms with Crippen molar-refractivity contribution in [2.45, 2.75) is 105 Å². The van der Waals surface area contributed by atoms with Crippen molar-refractivity contribution >= 4 is 45.7 Å². The number of rotatable bonds is 10. The number of hydrazine groups is 1. The second-order valence-corrected chi connectivity index (χ2v) is 20.4. The molecule has 0 unspecified atom stereocenters. The number of esters is 1. The summed E-state index contributed by atoms with van der Waals surface area (Å²) < 4.78 is 21.0. The molecule has 6 heterocycles. The summed E-state index contributed by atoms with van der Waals surface area (Å²) >= 11 is 1.42. The summed E-state index contributed by atoms with van der Waals surface area (Å²) in [6.45, 7) is 22.1. The molecule has 4 aliphatic rings. The Labute approximate surface area is 382 Å². The van der Waals surface area contributed by atoms with Gasteiger partial charge in [-0.2, -0.15) is 0 Å². The van der Waals surface area contributed by atoms with Crippen LogP contribution in [0.2, 0.25) is 0 Å². The number of aromatic nitrogens is 3. The first kappa shape index (κ1) is 46.1. The Bertz CT molecular complexity index is 2350. The number of cyclic esters (lactones) is 1. The molecular weight excluding hydrogens is 829 g/mol. The van der Waals surface area contributed by atoms with Gasteiger partial charge in [0.05, 0.1) is 41.7 Å². The normalized spacial score (nSPS) is 25.9. The highest BCUT2D eigenvalue weighted by Gasteiger charge is 2.54. The molecule has 1 saturated carbocycles. The van der Waals surface area contributed by atoms with Gasteiger partial charge in [0.2, 0.25) is 5.91 Å². The van der Waals surface area contributed by atoms with Gasteiger partial charge in [-0.3, -0.25) is 24.4 Å². The summed E-state index contributed by atoms with van der Waals surface area (Å²) in [5.74, 6) is -0.371. The molecule has 4 aromatic rings. The molecule has 2 N–H and O–H groups in total. The summed E-state index contributed by atoms with van der Waals surface area (Å²) in [5, 5.41) is 8.32. The lowest BCUT2D eigenvalue weighted by Crippen LogP contribution is -2.61. The van der Waals surface area contributed by atoms with Crippen molar-refractivity contribution < 1.29 is 28.6 Å². The number of ether oxygens (including phenoxy) is 3. The number of carbonyl (C=O) groups excluding carboxylic acids is 3. The van der Waals surface area contributed by atoms with Gasteiger partial charge in [-0.15, -0.1) is 11.3 Å². The van der Waals surface area contributed by atoms with Crippen LogP contribution >= 0.6 is 11.3 Å².